The Hall–Kier alpha value is -3.97. The Morgan fingerprint density at radius 1 is 1.00 bits per heavy atom. The third-order valence-corrected chi connectivity index (χ3v) is 6.79. The number of carbonyl (C=O) groups excluding carboxylic acids is 4. The second kappa shape index (κ2) is 8.18. The molecule has 1 N–H and O–H groups in total. The van der Waals surface area contributed by atoms with E-state index in [4.69, 9.17) is 5.53 Å². The fourth-order valence-corrected chi connectivity index (χ4v) is 5.27. The molecule has 5 rings (SSSR count). The Balaban J connectivity index is 1.38. The largest absolute Gasteiger partial charge is 0.381 e. The van der Waals surface area contributed by atoms with Gasteiger partial charge in [0.2, 0.25) is 0 Å². The standard InChI is InChI=1S/C24H21N5O4/c25-28-26-12-13-5-6-19-18(9-13)22(31)21-14(10-15(30)11-20(21)27-19)7-8-29-23(32)16-3-1-2-4-17(16)24(29)33/h1-6,9,14,20-21,27H,7-8,10-12H2/t14-,20+,21-/m0/s1. The van der Waals surface area contributed by atoms with Crippen molar-refractivity contribution in [2.75, 3.05) is 11.9 Å². The topological polar surface area (TPSA) is 132 Å². The molecule has 0 aromatic heterocycles. The number of nitrogens with zero attached hydrogens (tertiary/aromatic N) is 4. The summed E-state index contributed by atoms with van der Waals surface area (Å²) in [4.78, 5) is 55.4. The summed E-state index contributed by atoms with van der Waals surface area (Å²) in [6.45, 7) is 0.303. The molecular formula is C24H21N5O4. The maximum Gasteiger partial charge on any atom is 0.261 e. The van der Waals surface area contributed by atoms with E-state index >= 15 is 0 Å². The van der Waals surface area contributed by atoms with Gasteiger partial charge in [-0.1, -0.05) is 23.3 Å². The van der Waals surface area contributed by atoms with Crippen molar-refractivity contribution in [2.45, 2.75) is 31.8 Å². The van der Waals surface area contributed by atoms with Crippen LogP contribution in [-0.2, 0) is 11.3 Å². The monoisotopic (exact) mass is 443 g/mol. The van der Waals surface area contributed by atoms with E-state index in [0.717, 1.165) is 5.56 Å². The molecule has 0 radical (unpaired) electrons. The lowest BCUT2D eigenvalue weighted by atomic mass is 9.68. The molecule has 2 aromatic carbocycles. The number of ketones is 2. The van der Waals surface area contributed by atoms with Crippen LogP contribution < -0.4 is 5.32 Å². The number of azide groups is 1. The van der Waals surface area contributed by atoms with Crippen molar-refractivity contribution >= 4 is 29.1 Å². The number of amides is 2. The first-order chi connectivity index (χ1) is 16.0. The highest BCUT2D eigenvalue weighted by molar-refractivity contribution is 6.21. The van der Waals surface area contributed by atoms with Crippen LogP contribution in [0.5, 0.6) is 0 Å². The summed E-state index contributed by atoms with van der Waals surface area (Å²) >= 11 is 0. The summed E-state index contributed by atoms with van der Waals surface area (Å²) in [6.07, 6.45) is 0.880. The number of Topliss-reactive ketones (excluding diaryl/α,β-unsaturated/α-hetero) is 2. The number of fused-ring (bicyclic) bond motifs is 3. The fourth-order valence-electron chi connectivity index (χ4n) is 5.27. The normalized spacial score (nSPS) is 23.4. The molecule has 1 fully saturated rings. The zero-order valence-electron chi connectivity index (χ0n) is 17.7. The van der Waals surface area contributed by atoms with Crippen LogP contribution in [0.1, 0.15) is 55.9 Å². The van der Waals surface area contributed by atoms with E-state index in [-0.39, 0.29) is 61.3 Å². The van der Waals surface area contributed by atoms with E-state index in [2.05, 4.69) is 15.3 Å². The Kier molecular flexibility index (Phi) is 5.18. The van der Waals surface area contributed by atoms with Crippen LogP contribution in [0.4, 0.5) is 5.69 Å². The maximum absolute atomic E-state index is 13.5. The van der Waals surface area contributed by atoms with Crippen LogP contribution in [0.3, 0.4) is 0 Å². The van der Waals surface area contributed by atoms with Crippen LogP contribution in [0.25, 0.3) is 10.4 Å². The van der Waals surface area contributed by atoms with Gasteiger partial charge in [0, 0.05) is 47.5 Å². The van der Waals surface area contributed by atoms with Crippen LogP contribution >= 0.6 is 0 Å². The molecule has 33 heavy (non-hydrogen) atoms. The molecule has 2 aliphatic heterocycles. The number of hydrogen-bond donors (Lipinski definition) is 1. The molecule has 0 spiro atoms. The minimum Gasteiger partial charge on any atom is -0.381 e. The number of anilines is 1. The van der Waals surface area contributed by atoms with Gasteiger partial charge < -0.3 is 5.32 Å². The molecule has 3 atom stereocenters. The molecular weight excluding hydrogens is 422 g/mol. The van der Waals surface area contributed by atoms with Gasteiger partial charge >= 0.3 is 0 Å². The summed E-state index contributed by atoms with van der Waals surface area (Å²) in [7, 11) is 0. The predicted molar refractivity (Wildman–Crippen MR) is 119 cm³/mol. The van der Waals surface area contributed by atoms with E-state index in [1.54, 1.807) is 42.5 Å². The lowest BCUT2D eigenvalue weighted by Gasteiger charge is -2.41. The van der Waals surface area contributed by atoms with E-state index in [9.17, 15) is 19.2 Å². The fraction of sp³-hybridized carbons (Fsp3) is 0.333. The van der Waals surface area contributed by atoms with Crippen molar-refractivity contribution < 1.29 is 19.2 Å². The predicted octanol–water partition coefficient (Wildman–Crippen LogP) is 3.76. The van der Waals surface area contributed by atoms with Gasteiger partial charge in [-0.3, -0.25) is 24.1 Å². The average molecular weight is 443 g/mol. The molecule has 0 bridgehead atoms. The highest BCUT2D eigenvalue weighted by Crippen LogP contribution is 2.41. The van der Waals surface area contributed by atoms with Gasteiger partial charge in [-0.05, 0) is 47.7 Å². The van der Waals surface area contributed by atoms with Crippen molar-refractivity contribution in [3.63, 3.8) is 0 Å². The van der Waals surface area contributed by atoms with Gasteiger partial charge in [0.15, 0.2) is 5.78 Å². The molecule has 0 unspecified atom stereocenters. The van der Waals surface area contributed by atoms with Crippen molar-refractivity contribution in [3.05, 3.63) is 75.2 Å². The molecule has 3 aliphatic rings. The summed E-state index contributed by atoms with van der Waals surface area (Å²) < 4.78 is 0. The van der Waals surface area contributed by atoms with Crippen molar-refractivity contribution in [1.29, 1.82) is 0 Å². The first-order valence-corrected chi connectivity index (χ1v) is 10.9. The highest BCUT2D eigenvalue weighted by atomic mass is 16.2. The second-order valence-corrected chi connectivity index (χ2v) is 8.71. The quantitative estimate of drug-likeness (QED) is 0.325. The van der Waals surface area contributed by atoms with Gasteiger partial charge in [-0.15, -0.1) is 0 Å². The molecule has 9 nitrogen and oxygen atoms in total. The molecule has 1 saturated carbocycles. The Morgan fingerprint density at radius 3 is 2.42 bits per heavy atom. The van der Waals surface area contributed by atoms with Crippen LogP contribution in [0.2, 0.25) is 0 Å². The summed E-state index contributed by atoms with van der Waals surface area (Å²) in [5.41, 5.74) is 11.3. The van der Waals surface area contributed by atoms with E-state index < -0.39 is 5.92 Å². The summed E-state index contributed by atoms with van der Waals surface area (Å²) in [5, 5.41) is 6.90. The number of carbonyl (C=O) groups is 4. The number of imide groups is 1. The number of hydrogen-bond acceptors (Lipinski definition) is 6. The lowest BCUT2D eigenvalue weighted by molar-refractivity contribution is -0.122. The van der Waals surface area contributed by atoms with Gasteiger partial charge in [-0.25, -0.2) is 0 Å². The van der Waals surface area contributed by atoms with Gasteiger partial charge in [0.25, 0.3) is 11.8 Å². The van der Waals surface area contributed by atoms with Crippen LogP contribution in [-0.4, -0.2) is 40.9 Å². The van der Waals surface area contributed by atoms with Gasteiger partial charge in [0.1, 0.15) is 5.78 Å². The van der Waals surface area contributed by atoms with Crippen LogP contribution in [0.15, 0.2) is 47.6 Å². The third kappa shape index (κ3) is 3.56. The van der Waals surface area contributed by atoms with Crippen molar-refractivity contribution in [3.8, 4) is 0 Å². The minimum absolute atomic E-state index is 0.0589. The molecule has 1 aliphatic carbocycles. The second-order valence-electron chi connectivity index (χ2n) is 8.71. The zero-order valence-corrected chi connectivity index (χ0v) is 17.7. The maximum atomic E-state index is 13.5. The molecule has 0 saturated heterocycles. The molecule has 2 aromatic rings. The first-order valence-electron chi connectivity index (χ1n) is 10.9. The van der Waals surface area contributed by atoms with Crippen molar-refractivity contribution in [2.24, 2.45) is 17.0 Å². The Morgan fingerprint density at radius 2 is 1.73 bits per heavy atom. The molecule has 2 heterocycles. The van der Waals surface area contributed by atoms with Crippen LogP contribution in [0, 0.1) is 11.8 Å². The number of nitrogens with one attached hydrogen (secondary N) is 1. The Labute approximate surface area is 189 Å². The average Bonchev–Trinajstić information content (AvgIpc) is 3.06. The third-order valence-electron chi connectivity index (χ3n) is 6.79. The van der Waals surface area contributed by atoms with E-state index in [1.807, 2.05) is 0 Å². The molecule has 166 valence electrons. The molecule has 9 heteroatoms. The van der Waals surface area contributed by atoms with Gasteiger partial charge in [0.05, 0.1) is 17.7 Å². The summed E-state index contributed by atoms with van der Waals surface area (Å²) in [5.74, 6) is -1.39. The Bertz CT molecular complexity index is 1210. The van der Waals surface area contributed by atoms with E-state index in [1.165, 1.54) is 4.90 Å². The SMILES string of the molecule is [N-]=[N+]=NCc1ccc2c(c1)C(=O)[C@H]1[C@@H](CCN3C(=O)c4ccccc4C3=O)CC(=O)C[C@H]1N2. The highest BCUT2D eigenvalue weighted by Gasteiger charge is 2.45. The molecule has 2 amide bonds. The first kappa shape index (κ1) is 20.9. The van der Waals surface area contributed by atoms with Gasteiger partial charge in [-0.2, -0.15) is 0 Å². The van der Waals surface area contributed by atoms with Crippen molar-refractivity contribution in [1.82, 2.24) is 4.90 Å². The smallest absolute Gasteiger partial charge is 0.261 e. The van der Waals surface area contributed by atoms with E-state index in [0.29, 0.717) is 28.8 Å². The summed E-state index contributed by atoms with van der Waals surface area (Å²) in [6, 6.07) is 11.7. The zero-order chi connectivity index (χ0) is 23.1. The number of rotatable bonds is 5. The lowest BCUT2D eigenvalue weighted by Crippen LogP contribution is -2.49. The number of benzene rings is 2. The minimum atomic E-state index is -0.430.